The van der Waals surface area contributed by atoms with E-state index in [1.807, 2.05) is 49.6 Å². The first-order chi connectivity index (χ1) is 10.0. The van der Waals surface area contributed by atoms with Gasteiger partial charge in [-0.1, -0.05) is 0 Å². The van der Waals surface area contributed by atoms with Gasteiger partial charge in [-0.3, -0.25) is 0 Å². The average molecular weight is 496 g/mol. The smallest absolute Gasteiger partial charge is 0.193 e. The lowest BCUT2D eigenvalue weighted by Crippen LogP contribution is -2.22. The maximum absolute atomic E-state index is 5.89. The number of hydrogen-bond donors (Lipinski definition) is 2. The molecule has 0 radical (unpaired) electrons. The summed E-state index contributed by atoms with van der Waals surface area (Å²) in [6.07, 6.45) is 0.166. The Balaban J connectivity index is 0.00000242. The Bertz CT molecular complexity index is 614. The molecule has 0 aliphatic carbocycles. The maximum atomic E-state index is 5.89. The van der Waals surface area contributed by atoms with Crippen molar-refractivity contribution in [2.45, 2.75) is 26.5 Å². The Morgan fingerprint density at radius 3 is 2.55 bits per heavy atom. The number of ether oxygens (including phenoxy) is 1. The molecule has 0 saturated heterocycles. The lowest BCUT2D eigenvalue weighted by molar-refractivity contribution is 0.242. The van der Waals surface area contributed by atoms with Gasteiger partial charge in [-0.25, -0.2) is 4.99 Å². The summed E-state index contributed by atoms with van der Waals surface area (Å²) in [5, 5.41) is 5.08. The monoisotopic (exact) mass is 495 g/mol. The fraction of sp³-hybridized carbons (Fsp3) is 0.267. The second-order valence-corrected chi connectivity index (χ2v) is 6.97. The summed E-state index contributed by atoms with van der Waals surface area (Å²) in [5.41, 5.74) is 7.90. The SMILES string of the molecule is CC(C)Oc1ccc(NC(N)=NCc2ccsc2Br)cc1.I. The number of guanidine groups is 1. The number of nitrogens with two attached hydrogens (primary N) is 1. The largest absolute Gasteiger partial charge is 0.491 e. The molecule has 0 amide bonds. The summed E-state index contributed by atoms with van der Waals surface area (Å²) in [6, 6.07) is 9.68. The molecule has 120 valence electrons. The van der Waals surface area contributed by atoms with Crippen molar-refractivity contribution in [3.8, 4) is 5.75 Å². The Morgan fingerprint density at radius 1 is 1.32 bits per heavy atom. The van der Waals surface area contributed by atoms with Gasteiger partial charge < -0.3 is 15.8 Å². The molecule has 2 rings (SSSR count). The van der Waals surface area contributed by atoms with E-state index in [4.69, 9.17) is 10.5 Å². The molecule has 0 bridgehead atoms. The van der Waals surface area contributed by atoms with E-state index < -0.39 is 0 Å². The standard InChI is InChI=1S/C15H18BrN3OS.HI/c1-10(2)20-13-5-3-12(4-6-13)19-15(17)18-9-11-7-8-21-14(11)16;/h3-8,10H,9H2,1-2H3,(H3,17,18,19);1H. The highest BCUT2D eigenvalue weighted by Gasteiger charge is 2.01. The lowest BCUT2D eigenvalue weighted by Gasteiger charge is -2.10. The van der Waals surface area contributed by atoms with Crippen LogP contribution in [0.15, 0.2) is 44.5 Å². The molecule has 1 aromatic carbocycles. The molecule has 2 aromatic rings. The van der Waals surface area contributed by atoms with Crippen molar-refractivity contribution in [1.29, 1.82) is 0 Å². The lowest BCUT2D eigenvalue weighted by atomic mass is 10.3. The number of halogens is 2. The first kappa shape index (κ1) is 19.2. The molecule has 0 aliphatic heterocycles. The highest BCUT2D eigenvalue weighted by atomic mass is 127. The molecule has 0 saturated carbocycles. The average Bonchev–Trinajstić information content (AvgIpc) is 2.84. The number of nitrogens with one attached hydrogen (secondary N) is 1. The second kappa shape index (κ2) is 9.36. The highest BCUT2D eigenvalue weighted by Crippen LogP contribution is 2.24. The summed E-state index contributed by atoms with van der Waals surface area (Å²) in [4.78, 5) is 4.32. The third kappa shape index (κ3) is 6.13. The Kier molecular flexibility index (Phi) is 8.19. The van der Waals surface area contributed by atoms with Gasteiger partial charge in [0, 0.05) is 5.69 Å². The van der Waals surface area contributed by atoms with Crippen LogP contribution >= 0.6 is 51.2 Å². The third-order valence-electron chi connectivity index (χ3n) is 2.61. The van der Waals surface area contributed by atoms with Crippen molar-refractivity contribution >= 4 is 62.9 Å². The van der Waals surface area contributed by atoms with Crippen molar-refractivity contribution in [3.05, 3.63) is 45.1 Å². The van der Waals surface area contributed by atoms with Crippen LogP contribution in [0, 0.1) is 0 Å². The van der Waals surface area contributed by atoms with E-state index >= 15 is 0 Å². The molecule has 0 aliphatic rings. The normalized spacial score (nSPS) is 11.2. The first-order valence-corrected chi connectivity index (χ1v) is 8.27. The Hall–Kier alpha value is -0.800. The number of anilines is 1. The van der Waals surface area contributed by atoms with Crippen LogP contribution in [0.1, 0.15) is 19.4 Å². The van der Waals surface area contributed by atoms with E-state index in [0.29, 0.717) is 12.5 Å². The molecular formula is C15H19BrIN3OS. The summed E-state index contributed by atoms with van der Waals surface area (Å²) >= 11 is 5.12. The van der Waals surface area contributed by atoms with Gasteiger partial charge in [0.15, 0.2) is 5.96 Å². The van der Waals surface area contributed by atoms with Crippen molar-refractivity contribution in [1.82, 2.24) is 0 Å². The van der Waals surface area contributed by atoms with Crippen molar-refractivity contribution in [2.24, 2.45) is 10.7 Å². The van der Waals surface area contributed by atoms with E-state index in [9.17, 15) is 0 Å². The van der Waals surface area contributed by atoms with Gasteiger partial charge in [-0.15, -0.1) is 35.3 Å². The van der Waals surface area contributed by atoms with Crippen LogP contribution in [0.3, 0.4) is 0 Å². The van der Waals surface area contributed by atoms with Crippen LogP contribution in [0.2, 0.25) is 0 Å². The molecule has 0 fully saturated rings. The van der Waals surface area contributed by atoms with Gasteiger partial charge in [0.1, 0.15) is 5.75 Å². The third-order valence-corrected chi connectivity index (χ3v) is 4.42. The molecule has 0 unspecified atom stereocenters. The molecule has 7 heteroatoms. The molecule has 22 heavy (non-hydrogen) atoms. The molecule has 0 spiro atoms. The molecular weight excluding hydrogens is 477 g/mol. The van der Waals surface area contributed by atoms with Crippen LogP contribution < -0.4 is 15.8 Å². The maximum Gasteiger partial charge on any atom is 0.193 e. The zero-order chi connectivity index (χ0) is 15.2. The number of rotatable bonds is 5. The van der Waals surface area contributed by atoms with Crippen LogP contribution in [-0.4, -0.2) is 12.1 Å². The Morgan fingerprint density at radius 2 is 2.00 bits per heavy atom. The van der Waals surface area contributed by atoms with Gasteiger partial charge in [-0.2, -0.15) is 0 Å². The van der Waals surface area contributed by atoms with Gasteiger partial charge in [0.05, 0.1) is 16.4 Å². The number of aliphatic imine (C=N–C) groups is 1. The number of thiophene rings is 1. The number of hydrogen-bond acceptors (Lipinski definition) is 3. The number of nitrogens with zero attached hydrogens (tertiary/aromatic N) is 1. The second-order valence-electron chi connectivity index (χ2n) is 4.74. The van der Waals surface area contributed by atoms with Crippen molar-refractivity contribution < 1.29 is 4.74 Å². The van der Waals surface area contributed by atoms with Gasteiger partial charge in [0.2, 0.25) is 0 Å². The first-order valence-electron chi connectivity index (χ1n) is 6.60. The fourth-order valence-electron chi connectivity index (χ4n) is 1.68. The van der Waals surface area contributed by atoms with E-state index in [1.54, 1.807) is 11.3 Å². The predicted octanol–water partition coefficient (Wildman–Crippen LogP) is 4.84. The minimum absolute atomic E-state index is 0. The van der Waals surface area contributed by atoms with Crippen molar-refractivity contribution in [3.63, 3.8) is 0 Å². The van der Waals surface area contributed by atoms with E-state index in [0.717, 1.165) is 20.8 Å². The molecule has 3 N–H and O–H groups in total. The number of benzene rings is 1. The predicted molar refractivity (Wildman–Crippen MR) is 109 cm³/mol. The van der Waals surface area contributed by atoms with Crippen LogP contribution in [0.4, 0.5) is 5.69 Å². The summed E-state index contributed by atoms with van der Waals surface area (Å²) < 4.78 is 6.68. The van der Waals surface area contributed by atoms with Crippen LogP contribution in [0.25, 0.3) is 0 Å². The Labute approximate surface area is 160 Å². The van der Waals surface area contributed by atoms with E-state index in [2.05, 4.69) is 26.2 Å². The zero-order valence-corrected chi connectivity index (χ0v) is 17.1. The topological polar surface area (TPSA) is 59.6 Å². The van der Waals surface area contributed by atoms with E-state index in [1.165, 1.54) is 0 Å². The summed E-state index contributed by atoms with van der Waals surface area (Å²) in [6.45, 7) is 4.55. The minimum Gasteiger partial charge on any atom is -0.491 e. The molecule has 0 atom stereocenters. The molecule has 1 heterocycles. The molecule has 1 aromatic heterocycles. The quantitative estimate of drug-likeness (QED) is 0.354. The summed E-state index contributed by atoms with van der Waals surface area (Å²) in [5.74, 6) is 1.24. The van der Waals surface area contributed by atoms with Crippen LogP contribution in [-0.2, 0) is 6.54 Å². The van der Waals surface area contributed by atoms with Gasteiger partial charge >= 0.3 is 0 Å². The molecule has 4 nitrogen and oxygen atoms in total. The van der Waals surface area contributed by atoms with Crippen molar-refractivity contribution in [2.75, 3.05) is 5.32 Å². The van der Waals surface area contributed by atoms with Crippen LogP contribution in [0.5, 0.6) is 5.75 Å². The fourth-order valence-corrected chi connectivity index (χ4v) is 2.90. The van der Waals surface area contributed by atoms with E-state index in [-0.39, 0.29) is 30.1 Å². The zero-order valence-electron chi connectivity index (χ0n) is 12.4. The van der Waals surface area contributed by atoms with Gasteiger partial charge in [0.25, 0.3) is 0 Å². The van der Waals surface area contributed by atoms with Gasteiger partial charge in [-0.05, 0) is 71.1 Å². The minimum atomic E-state index is 0. The highest BCUT2D eigenvalue weighted by molar-refractivity contribution is 14.0. The summed E-state index contributed by atoms with van der Waals surface area (Å²) in [7, 11) is 0.